The summed E-state index contributed by atoms with van der Waals surface area (Å²) in [4.78, 5) is 8.80. The smallest absolute Gasteiger partial charge is 0.204 e. The standard InChI is InChI=1S/C14H19N3O/c15-10-14(7-3-1-2-4-8-14)13-17-12-11(18-13)6-5-9-16-12/h5-6,9H,1-4,7-8,10,15H2. The van der Waals surface area contributed by atoms with Gasteiger partial charge in [0.2, 0.25) is 5.89 Å². The Balaban J connectivity index is 2.03. The van der Waals surface area contributed by atoms with Gasteiger partial charge in [-0.05, 0) is 25.0 Å². The molecule has 18 heavy (non-hydrogen) atoms. The number of nitrogens with two attached hydrogens (primary N) is 1. The fourth-order valence-electron chi connectivity index (χ4n) is 2.91. The Morgan fingerprint density at radius 3 is 2.67 bits per heavy atom. The van der Waals surface area contributed by atoms with Crippen molar-refractivity contribution in [2.45, 2.75) is 43.9 Å². The van der Waals surface area contributed by atoms with Crippen molar-refractivity contribution in [1.29, 1.82) is 0 Å². The van der Waals surface area contributed by atoms with Gasteiger partial charge in [0.1, 0.15) is 0 Å². The van der Waals surface area contributed by atoms with Crippen molar-refractivity contribution in [3.05, 3.63) is 24.2 Å². The molecule has 0 amide bonds. The van der Waals surface area contributed by atoms with Crippen LogP contribution >= 0.6 is 0 Å². The van der Waals surface area contributed by atoms with Gasteiger partial charge >= 0.3 is 0 Å². The van der Waals surface area contributed by atoms with Gasteiger partial charge in [0, 0.05) is 12.7 Å². The molecule has 1 fully saturated rings. The van der Waals surface area contributed by atoms with Crippen molar-refractivity contribution in [3.8, 4) is 0 Å². The first-order valence-corrected chi connectivity index (χ1v) is 6.76. The third-order valence-corrected chi connectivity index (χ3v) is 4.07. The molecule has 0 bridgehead atoms. The number of aromatic nitrogens is 2. The van der Waals surface area contributed by atoms with Crippen molar-refractivity contribution in [2.75, 3.05) is 6.54 Å². The van der Waals surface area contributed by atoms with Crippen molar-refractivity contribution in [2.24, 2.45) is 5.73 Å². The summed E-state index contributed by atoms with van der Waals surface area (Å²) in [5, 5.41) is 0. The molecule has 4 heteroatoms. The van der Waals surface area contributed by atoms with Crippen molar-refractivity contribution < 1.29 is 4.42 Å². The zero-order chi connectivity index (χ0) is 12.4. The summed E-state index contributed by atoms with van der Waals surface area (Å²) < 4.78 is 5.90. The summed E-state index contributed by atoms with van der Waals surface area (Å²) in [6.07, 6.45) is 8.91. The summed E-state index contributed by atoms with van der Waals surface area (Å²) in [6.45, 7) is 0.611. The van der Waals surface area contributed by atoms with E-state index < -0.39 is 0 Å². The first-order valence-electron chi connectivity index (χ1n) is 6.76. The summed E-state index contributed by atoms with van der Waals surface area (Å²) >= 11 is 0. The molecule has 0 atom stereocenters. The second-order valence-electron chi connectivity index (χ2n) is 5.24. The third-order valence-electron chi connectivity index (χ3n) is 4.07. The van der Waals surface area contributed by atoms with E-state index in [1.54, 1.807) is 6.20 Å². The molecule has 1 saturated carbocycles. The van der Waals surface area contributed by atoms with Gasteiger partial charge in [0.25, 0.3) is 0 Å². The fraction of sp³-hybridized carbons (Fsp3) is 0.571. The molecule has 0 radical (unpaired) electrons. The SMILES string of the molecule is NCC1(c2nc3ncccc3o2)CCCCCC1. The molecule has 0 saturated heterocycles. The molecule has 0 unspecified atom stereocenters. The Kier molecular flexibility index (Phi) is 3.04. The quantitative estimate of drug-likeness (QED) is 0.826. The third kappa shape index (κ3) is 1.90. The molecule has 0 aromatic carbocycles. The number of oxazole rings is 1. The molecule has 2 N–H and O–H groups in total. The van der Waals surface area contributed by atoms with Crippen LogP contribution in [0.2, 0.25) is 0 Å². The van der Waals surface area contributed by atoms with Gasteiger partial charge in [0.05, 0.1) is 5.41 Å². The van der Waals surface area contributed by atoms with Crippen LogP contribution in [0.25, 0.3) is 11.2 Å². The molecule has 1 aliphatic rings. The van der Waals surface area contributed by atoms with Gasteiger partial charge < -0.3 is 10.2 Å². The lowest BCUT2D eigenvalue weighted by Gasteiger charge is -2.27. The average Bonchev–Trinajstić information content (AvgIpc) is 2.70. The first kappa shape index (κ1) is 11.7. The monoisotopic (exact) mass is 245 g/mol. The molecule has 1 aliphatic carbocycles. The van der Waals surface area contributed by atoms with Crippen LogP contribution in [0.4, 0.5) is 0 Å². The van der Waals surface area contributed by atoms with Gasteiger partial charge in [-0.3, -0.25) is 0 Å². The van der Waals surface area contributed by atoms with Gasteiger partial charge in [-0.15, -0.1) is 0 Å². The zero-order valence-corrected chi connectivity index (χ0v) is 10.6. The maximum Gasteiger partial charge on any atom is 0.204 e. The molecule has 96 valence electrons. The number of pyridine rings is 1. The minimum atomic E-state index is -0.0722. The van der Waals surface area contributed by atoms with Crippen molar-refractivity contribution in [3.63, 3.8) is 0 Å². The van der Waals surface area contributed by atoms with Crippen LogP contribution in [0.3, 0.4) is 0 Å². The van der Waals surface area contributed by atoms with E-state index in [0.29, 0.717) is 12.2 Å². The van der Waals surface area contributed by atoms with E-state index in [2.05, 4.69) is 9.97 Å². The Bertz CT molecular complexity index is 494. The van der Waals surface area contributed by atoms with Crippen LogP contribution < -0.4 is 5.73 Å². The van der Waals surface area contributed by atoms with Crippen LogP contribution in [0.5, 0.6) is 0 Å². The molecule has 2 aromatic heterocycles. The highest BCUT2D eigenvalue weighted by Crippen LogP contribution is 2.37. The highest BCUT2D eigenvalue weighted by atomic mass is 16.3. The predicted molar refractivity (Wildman–Crippen MR) is 70.2 cm³/mol. The molecule has 0 spiro atoms. The zero-order valence-electron chi connectivity index (χ0n) is 10.6. The highest BCUT2D eigenvalue weighted by Gasteiger charge is 2.36. The Morgan fingerprint density at radius 1 is 1.22 bits per heavy atom. The van der Waals surface area contributed by atoms with E-state index in [9.17, 15) is 0 Å². The molecule has 0 aliphatic heterocycles. The van der Waals surface area contributed by atoms with Crippen LogP contribution in [0, 0.1) is 0 Å². The number of nitrogens with zero attached hydrogens (tertiary/aromatic N) is 2. The van der Waals surface area contributed by atoms with Gasteiger partial charge in [0.15, 0.2) is 11.2 Å². The lowest BCUT2D eigenvalue weighted by Crippen LogP contribution is -2.35. The minimum Gasteiger partial charge on any atom is -0.438 e. The Morgan fingerprint density at radius 2 is 2.00 bits per heavy atom. The summed E-state index contributed by atoms with van der Waals surface area (Å²) in [6, 6.07) is 3.79. The summed E-state index contributed by atoms with van der Waals surface area (Å²) in [7, 11) is 0. The fourth-order valence-corrected chi connectivity index (χ4v) is 2.91. The lowest BCUT2D eigenvalue weighted by molar-refractivity contribution is 0.300. The molecular weight excluding hydrogens is 226 g/mol. The molecular formula is C14H19N3O. The van der Waals surface area contributed by atoms with Gasteiger partial charge in [-0.1, -0.05) is 25.7 Å². The summed E-state index contributed by atoms with van der Waals surface area (Å²) in [5.74, 6) is 0.792. The highest BCUT2D eigenvalue weighted by molar-refractivity contribution is 5.67. The summed E-state index contributed by atoms with van der Waals surface area (Å²) in [5.41, 5.74) is 7.44. The van der Waals surface area contributed by atoms with E-state index >= 15 is 0 Å². The van der Waals surface area contributed by atoms with Crippen molar-refractivity contribution >= 4 is 11.2 Å². The molecule has 2 heterocycles. The van der Waals surface area contributed by atoms with Crippen LogP contribution in [-0.4, -0.2) is 16.5 Å². The van der Waals surface area contributed by atoms with Gasteiger partial charge in [-0.2, -0.15) is 4.98 Å². The van der Waals surface area contributed by atoms with E-state index in [1.165, 1.54) is 25.7 Å². The van der Waals surface area contributed by atoms with Crippen LogP contribution in [-0.2, 0) is 5.41 Å². The van der Waals surface area contributed by atoms with Gasteiger partial charge in [-0.25, -0.2) is 4.98 Å². The topological polar surface area (TPSA) is 64.9 Å². The molecule has 2 aromatic rings. The van der Waals surface area contributed by atoms with E-state index in [4.69, 9.17) is 10.2 Å². The van der Waals surface area contributed by atoms with Crippen molar-refractivity contribution in [1.82, 2.24) is 9.97 Å². The lowest BCUT2D eigenvalue weighted by atomic mass is 9.80. The predicted octanol–water partition coefficient (Wildman–Crippen LogP) is 2.77. The maximum absolute atomic E-state index is 6.04. The largest absolute Gasteiger partial charge is 0.438 e. The normalized spacial score (nSPS) is 19.8. The minimum absolute atomic E-state index is 0.0722. The first-order chi connectivity index (χ1) is 8.84. The second-order valence-corrected chi connectivity index (χ2v) is 5.24. The Labute approximate surface area is 107 Å². The number of fused-ring (bicyclic) bond motifs is 1. The number of hydrogen-bond donors (Lipinski definition) is 1. The van der Waals surface area contributed by atoms with Crippen LogP contribution in [0.15, 0.2) is 22.7 Å². The molecule has 3 rings (SSSR count). The van der Waals surface area contributed by atoms with E-state index in [-0.39, 0.29) is 5.41 Å². The average molecular weight is 245 g/mol. The molecule has 4 nitrogen and oxygen atoms in total. The Hall–Kier alpha value is -1.42. The maximum atomic E-state index is 6.04. The van der Waals surface area contributed by atoms with E-state index in [0.717, 1.165) is 24.3 Å². The number of rotatable bonds is 2. The second kappa shape index (κ2) is 4.69. The van der Waals surface area contributed by atoms with Crippen LogP contribution in [0.1, 0.15) is 44.4 Å². The number of hydrogen-bond acceptors (Lipinski definition) is 4. The van der Waals surface area contributed by atoms with E-state index in [1.807, 2.05) is 12.1 Å².